The second-order valence-corrected chi connectivity index (χ2v) is 9.58. The van der Waals surface area contributed by atoms with Crippen LogP contribution in [0.2, 0.25) is 0 Å². The number of rotatable bonds is 3. The molecule has 0 amide bonds. The molecule has 1 aliphatic carbocycles. The quantitative estimate of drug-likeness (QED) is 0.801. The summed E-state index contributed by atoms with van der Waals surface area (Å²) in [5.74, 6) is 0.545. The Bertz CT molecular complexity index is 334. The summed E-state index contributed by atoms with van der Waals surface area (Å²) in [5, 5.41) is 11.0. The summed E-state index contributed by atoms with van der Waals surface area (Å²) in [4.78, 5) is 0. The first kappa shape index (κ1) is 12.1. The van der Waals surface area contributed by atoms with Gasteiger partial charge >= 0.3 is 0 Å². The highest BCUT2D eigenvalue weighted by molar-refractivity contribution is 7.82. The van der Waals surface area contributed by atoms with Crippen molar-refractivity contribution in [1.29, 1.82) is 0 Å². The van der Waals surface area contributed by atoms with Crippen LogP contribution in [-0.2, 0) is 0 Å². The second kappa shape index (κ2) is 4.85. The van der Waals surface area contributed by atoms with E-state index in [0.717, 1.165) is 5.66 Å². The van der Waals surface area contributed by atoms with Gasteiger partial charge in [-0.15, -0.1) is 0 Å². The van der Waals surface area contributed by atoms with Gasteiger partial charge in [-0.25, -0.2) is 0 Å². The molecule has 1 aliphatic rings. The summed E-state index contributed by atoms with van der Waals surface area (Å²) < 4.78 is 0. The van der Waals surface area contributed by atoms with E-state index < -0.39 is 7.26 Å². The molecule has 1 saturated carbocycles. The average molecular weight is 237 g/mol. The van der Waals surface area contributed by atoms with Crippen LogP contribution in [0.4, 0.5) is 0 Å². The zero-order valence-electron chi connectivity index (χ0n) is 10.3. The van der Waals surface area contributed by atoms with Crippen molar-refractivity contribution in [3.05, 3.63) is 30.3 Å². The minimum atomic E-state index is -1.08. The molecule has 0 heterocycles. The molecular weight excluding hydrogens is 215 g/mol. The Morgan fingerprint density at radius 1 is 1.19 bits per heavy atom. The summed E-state index contributed by atoms with van der Waals surface area (Å²) >= 11 is 0. The summed E-state index contributed by atoms with van der Waals surface area (Å²) in [5.41, 5.74) is 0.736. The maximum Gasteiger partial charge on any atom is 0.0936 e. The third kappa shape index (κ3) is 2.17. The zero-order valence-corrected chi connectivity index (χ0v) is 11.2. The van der Waals surface area contributed by atoms with Crippen LogP contribution in [-0.4, -0.2) is 30.7 Å². The maximum absolute atomic E-state index is 9.46. The van der Waals surface area contributed by atoms with Crippen molar-refractivity contribution < 1.29 is 5.11 Å². The Morgan fingerprint density at radius 2 is 1.88 bits per heavy atom. The van der Waals surface area contributed by atoms with Crippen molar-refractivity contribution in [3.63, 3.8) is 0 Å². The van der Waals surface area contributed by atoms with Crippen molar-refractivity contribution in [2.24, 2.45) is 5.92 Å². The Hall–Kier alpha value is -0.390. The average Bonchev–Trinajstić information content (AvgIpc) is 2.79. The molecule has 0 aromatic heterocycles. The molecule has 0 spiro atoms. The molecule has 2 heteroatoms. The van der Waals surface area contributed by atoms with Gasteiger partial charge in [-0.3, -0.25) is 0 Å². The van der Waals surface area contributed by atoms with E-state index in [1.54, 1.807) is 0 Å². The summed E-state index contributed by atoms with van der Waals surface area (Å²) in [6, 6.07) is 10.9. The highest BCUT2D eigenvalue weighted by Crippen LogP contribution is 2.61. The van der Waals surface area contributed by atoms with Crippen LogP contribution in [0, 0.1) is 5.92 Å². The van der Waals surface area contributed by atoms with Gasteiger partial charge in [-0.05, 0) is 31.4 Å². The Labute approximate surface area is 99.2 Å². The molecule has 0 radical (unpaired) electrons. The van der Waals surface area contributed by atoms with Gasteiger partial charge in [0.1, 0.15) is 0 Å². The Balaban J connectivity index is 2.24. The van der Waals surface area contributed by atoms with Crippen LogP contribution in [0.5, 0.6) is 0 Å². The van der Waals surface area contributed by atoms with Crippen LogP contribution in [0.3, 0.4) is 0 Å². The fourth-order valence-electron chi connectivity index (χ4n) is 3.08. The van der Waals surface area contributed by atoms with E-state index in [9.17, 15) is 5.11 Å². The van der Waals surface area contributed by atoms with Gasteiger partial charge < -0.3 is 5.11 Å². The van der Waals surface area contributed by atoms with Crippen LogP contribution in [0.15, 0.2) is 30.3 Å². The molecule has 1 nitrogen and oxygen atoms in total. The van der Waals surface area contributed by atoms with Crippen LogP contribution < -0.4 is 5.30 Å². The molecule has 1 aromatic carbocycles. The fourth-order valence-corrected chi connectivity index (χ4v) is 6.53. The SMILES string of the molecule is C[P+](C)(c1ccccc1)C1CCCC1CO. The number of aliphatic hydroxyl groups excluding tert-OH is 1. The molecule has 88 valence electrons. The van der Waals surface area contributed by atoms with Gasteiger partial charge in [0.05, 0.1) is 24.3 Å². The number of hydrogen-bond acceptors (Lipinski definition) is 1. The lowest BCUT2D eigenvalue weighted by Gasteiger charge is -2.28. The Morgan fingerprint density at radius 3 is 2.50 bits per heavy atom. The highest BCUT2D eigenvalue weighted by Gasteiger charge is 2.45. The Kier molecular flexibility index (Phi) is 3.66. The normalized spacial score (nSPS) is 25.9. The largest absolute Gasteiger partial charge is 0.396 e. The van der Waals surface area contributed by atoms with E-state index in [0.29, 0.717) is 12.5 Å². The second-order valence-electron chi connectivity index (χ2n) is 5.32. The smallest absolute Gasteiger partial charge is 0.0936 e. The fraction of sp³-hybridized carbons (Fsp3) is 0.571. The predicted molar refractivity (Wildman–Crippen MR) is 73.1 cm³/mol. The molecule has 0 saturated heterocycles. The highest BCUT2D eigenvalue weighted by atomic mass is 31.2. The summed E-state index contributed by atoms with van der Waals surface area (Å²) in [6.45, 7) is 5.24. The number of hydrogen-bond donors (Lipinski definition) is 1. The first-order chi connectivity index (χ1) is 7.66. The lowest BCUT2D eigenvalue weighted by molar-refractivity contribution is 0.232. The van der Waals surface area contributed by atoms with E-state index in [1.807, 2.05) is 0 Å². The minimum absolute atomic E-state index is 0.376. The molecular formula is C14H22OP+. The van der Waals surface area contributed by atoms with Crippen molar-refractivity contribution >= 4 is 12.6 Å². The van der Waals surface area contributed by atoms with Crippen LogP contribution >= 0.6 is 7.26 Å². The van der Waals surface area contributed by atoms with Crippen molar-refractivity contribution in [3.8, 4) is 0 Å². The lowest BCUT2D eigenvalue weighted by Crippen LogP contribution is -2.26. The van der Waals surface area contributed by atoms with E-state index in [-0.39, 0.29) is 0 Å². The third-order valence-corrected chi connectivity index (χ3v) is 8.07. The molecule has 1 N–H and O–H groups in total. The first-order valence-corrected chi connectivity index (χ1v) is 8.91. The maximum atomic E-state index is 9.46. The van der Waals surface area contributed by atoms with Crippen LogP contribution in [0.25, 0.3) is 0 Å². The third-order valence-electron chi connectivity index (χ3n) is 4.10. The molecule has 2 unspecified atom stereocenters. The van der Waals surface area contributed by atoms with Gasteiger partial charge in [0.2, 0.25) is 0 Å². The minimum Gasteiger partial charge on any atom is -0.396 e. The van der Waals surface area contributed by atoms with Gasteiger partial charge in [0.25, 0.3) is 0 Å². The molecule has 2 atom stereocenters. The van der Waals surface area contributed by atoms with Crippen molar-refractivity contribution in [2.75, 3.05) is 19.9 Å². The molecule has 0 bridgehead atoms. The molecule has 16 heavy (non-hydrogen) atoms. The summed E-state index contributed by atoms with van der Waals surface area (Å²) in [6.07, 6.45) is 3.82. The van der Waals surface area contributed by atoms with Gasteiger partial charge in [-0.1, -0.05) is 18.2 Å². The number of aliphatic hydroxyl groups is 1. The molecule has 0 aliphatic heterocycles. The van der Waals surface area contributed by atoms with Gasteiger partial charge in [0.15, 0.2) is 0 Å². The number of benzene rings is 1. The lowest BCUT2D eigenvalue weighted by atomic mass is 10.1. The topological polar surface area (TPSA) is 20.2 Å². The first-order valence-electron chi connectivity index (χ1n) is 6.16. The van der Waals surface area contributed by atoms with Gasteiger partial charge in [-0.2, -0.15) is 0 Å². The van der Waals surface area contributed by atoms with Crippen molar-refractivity contribution in [2.45, 2.75) is 24.9 Å². The standard InChI is InChI=1S/C14H22OP/c1-16(2,13-8-4-3-5-9-13)14-10-6-7-12(14)11-15/h3-5,8-9,12,14-15H,6-7,10-11H2,1-2H3/q+1. The molecule has 2 rings (SSSR count). The monoisotopic (exact) mass is 237 g/mol. The zero-order chi connectivity index (χ0) is 11.6. The van der Waals surface area contributed by atoms with E-state index in [4.69, 9.17) is 0 Å². The predicted octanol–water partition coefficient (Wildman–Crippen LogP) is 2.75. The van der Waals surface area contributed by atoms with E-state index in [1.165, 1.54) is 24.6 Å². The van der Waals surface area contributed by atoms with E-state index in [2.05, 4.69) is 43.7 Å². The van der Waals surface area contributed by atoms with E-state index >= 15 is 0 Å². The molecule has 1 fully saturated rings. The van der Waals surface area contributed by atoms with Crippen LogP contribution in [0.1, 0.15) is 19.3 Å². The van der Waals surface area contributed by atoms with Gasteiger partial charge in [0, 0.05) is 19.8 Å². The molecule has 1 aromatic rings. The van der Waals surface area contributed by atoms with Crippen molar-refractivity contribution in [1.82, 2.24) is 0 Å². The summed E-state index contributed by atoms with van der Waals surface area (Å²) in [7, 11) is -1.08.